The lowest BCUT2D eigenvalue weighted by Gasteiger charge is -2.46. The van der Waals surface area contributed by atoms with E-state index < -0.39 is 0 Å². The highest BCUT2D eigenvalue weighted by Crippen LogP contribution is 2.35. The summed E-state index contributed by atoms with van der Waals surface area (Å²) in [6.45, 7) is 13.7. The van der Waals surface area contributed by atoms with Gasteiger partial charge in [0, 0.05) is 24.7 Å². The van der Waals surface area contributed by atoms with Gasteiger partial charge in [-0.05, 0) is 44.9 Å². The maximum absolute atomic E-state index is 6.23. The maximum Gasteiger partial charge on any atom is 0.0334 e. The van der Waals surface area contributed by atoms with Gasteiger partial charge in [0.15, 0.2) is 0 Å². The molecule has 0 aliphatic heterocycles. The zero-order valence-corrected chi connectivity index (χ0v) is 13.2. The fourth-order valence-corrected chi connectivity index (χ4v) is 3.52. The summed E-state index contributed by atoms with van der Waals surface area (Å²) < 4.78 is 0. The summed E-state index contributed by atoms with van der Waals surface area (Å²) in [5, 5.41) is 0. The molecule has 2 nitrogen and oxygen atoms in total. The molecule has 1 saturated carbocycles. The molecule has 0 radical (unpaired) electrons. The summed E-state index contributed by atoms with van der Waals surface area (Å²) >= 11 is 0. The molecule has 2 atom stereocenters. The third kappa shape index (κ3) is 3.96. The van der Waals surface area contributed by atoms with Crippen molar-refractivity contribution in [1.82, 2.24) is 4.90 Å². The first-order chi connectivity index (χ1) is 8.41. The highest BCUT2D eigenvalue weighted by Gasteiger charge is 2.38. The van der Waals surface area contributed by atoms with Crippen molar-refractivity contribution in [2.24, 2.45) is 17.6 Å². The maximum atomic E-state index is 6.23. The van der Waals surface area contributed by atoms with Crippen molar-refractivity contribution in [1.29, 1.82) is 0 Å². The molecule has 2 unspecified atom stereocenters. The zero-order chi connectivity index (χ0) is 13.8. The highest BCUT2D eigenvalue weighted by atomic mass is 15.2. The second-order valence-corrected chi connectivity index (χ2v) is 7.10. The topological polar surface area (TPSA) is 29.3 Å². The molecule has 108 valence electrons. The second-order valence-electron chi connectivity index (χ2n) is 7.10. The van der Waals surface area contributed by atoms with Crippen molar-refractivity contribution < 1.29 is 0 Å². The normalized spacial score (nSPS) is 30.2. The molecule has 1 rings (SSSR count). The first-order valence-electron chi connectivity index (χ1n) is 7.88. The Kier molecular flexibility index (Phi) is 6.13. The largest absolute Gasteiger partial charge is 0.329 e. The van der Waals surface area contributed by atoms with E-state index in [0.29, 0.717) is 6.04 Å². The Morgan fingerprint density at radius 3 is 2.33 bits per heavy atom. The fraction of sp³-hybridized carbons (Fsp3) is 1.00. The van der Waals surface area contributed by atoms with Gasteiger partial charge in [0.2, 0.25) is 0 Å². The van der Waals surface area contributed by atoms with Gasteiger partial charge >= 0.3 is 0 Å². The predicted octanol–water partition coefficient (Wildman–Crippen LogP) is 3.65. The Morgan fingerprint density at radius 2 is 1.83 bits per heavy atom. The molecule has 1 aliphatic rings. The van der Waals surface area contributed by atoms with Gasteiger partial charge in [-0.1, -0.05) is 33.6 Å². The first kappa shape index (κ1) is 16.0. The molecule has 0 bridgehead atoms. The Labute approximate surface area is 114 Å². The van der Waals surface area contributed by atoms with Gasteiger partial charge in [0.25, 0.3) is 0 Å². The number of rotatable bonds is 5. The molecule has 0 heterocycles. The first-order valence-corrected chi connectivity index (χ1v) is 7.88. The minimum absolute atomic E-state index is 0.267. The average Bonchev–Trinajstić information content (AvgIpc) is 2.48. The van der Waals surface area contributed by atoms with Crippen LogP contribution in [0.4, 0.5) is 0 Å². The fourth-order valence-electron chi connectivity index (χ4n) is 3.52. The van der Waals surface area contributed by atoms with E-state index in [1.165, 1.54) is 38.6 Å². The standard InChI is InChI=1S/C16H34N2/c1-13(2)11-18(14(3)4)16(12-17)9-6-7-15(5)8-10-16/h13-15H,6-12,17H2,1-5H3. The Bertz CT molecular complexity index is 237. The molecule has 0 aromatic carbocycles. The number of nitrogens with two attached hydrogens (primary N) is 1. The van der Waals surface area contributed by atoms with Crippen molar-refractivity contribution in [3.63, 3.8) is 0 Å². The summed E-state index contributed by atoms with van der Waals surface area (Å²) in [5.74, 6) is 1.60. The van der Waals surface area contributed by atoms with Crippen LogP contribution in [0.1, 0.15) is 66.7 Å². The SMILES string of the molecule is CC(C)CN(C(C)C)C1(CN)CCCC(C)CC1. The third-order valence-corrected chi connectivity index (χ3v) is 4.62. The molecule has 1 aliphatic carbocycles. The van der Waals surface area contributed by atoms with Gasteiger partial charge < -0.3 is 5.73 Å². The molecule has 2 heteroatoms. The minimum atomic E-state index is 0.267. The van der Waals surface area contributed by atoms with Crippen LogP contribution in [0.25, 0.3) is 0 Å². The van der Waals surface area contributed by atoms with E-state index in [4.69, 9.17) is 5.73 Å². The van der Waals surface area contributed by atoms with Crippen molar-refractivity contribution in [3.8, 4) is 0 Å². The van der Waals surface area contributed by atoms with E-state index >= 15 is 0 Å². The van der Waals surface area contributed by atoms with Crippen LogP contribution in [0, 0.1) is 11.8 Å². The van der Waals surface area contributed by atoms with Crippen LogP contribution in [-0.2, 0) is 0 Å². The van der Waals surface area contributed by atoms with E-state index in [9.17, 15) is 0 Å². The van der Waals surface area contributed by atoms with Gasteiger partial charge in [-0.3, -0.25) is 4.90 Å². The van der Waals surface area contributed by atoms with Crippen LogP contribution in [0.5, 0.6) is 0 Å². The van der Waals surface area contributed by atoms with Crippen LogP contribution in [0.2, 0.25) is 0 Å². The molecule has 18 heavy (non-hydrogen) atoms. The summed E-state index contributed by atoms with van der Waals surface area (Å²) in [7, 11) is 0. The minimum Gasteiger partial charge on any atom is -0.329 e. The van der Waals surface area contributed by atoms with E-state index in [1.807, 2.05) is 0 Å². The lowest BCUT2D eigenvalue weighted by atomic mass is 9.86. The lowest BCUT2D eigenvalue weighted by Crippen LogP contribution is -2.57. The molecule has 0 spiro atoms. The number of hydrogen-bond acceptors (Lipinski definition) is 2. The van der Waals surface area contributed by atoms with Crippen molar-refractivity contribution in [2.75, 3.05) is 13.1 Å². The third-order valence-electron chi connectivity index (χ3n) is 4.62. The molecule has 1 fully saturated rings. The summed E-state index contributed by atoms with van der Waals surface area (Å²) in [6.07, 6.45) is 6.65. The van der Waals surface area contributed by atoms with E-state index in [-0.39, 0.29) is 5.54 Å². The van der Waals surface area contributed by atoms with E-state index in [1.54, 1.807) is 0 Å². The van der Waals surface area contributed by atoms with Crippen LogP contribution < -0.4 is 5.73 Å². The summed E-state index contributed by atoms with van der Waals surface area (Å²) in [4.78, 5) is 2.70. The monoisotopic (exact) mass is 254 g/mol. The van der Waals surface area contributed by atoms with Crippen LogP contribution in [0.15, 0.2) is 0 Å². The molecular formula is C16H34N2. The van der Waals surface area contributed by atoms with Crippen molar-refractivity contribution in [3.05, 3.63) is 0 Å². The molecule has 0 amide bonds. The quantitative estimate of drug-likeness (QED) is 0.759. The predicted molar refractivity (Wildman–Crippen MR) is 80.7 cm³/mol. The molecule has 2 N–H and O–H groups in total. The van der Waals surface area contributed by atoms with E-state index in [0.717, 1.165) is 18.4 Å². The van der Waals surface area contributed by atoms with Crippen LogP contribution >= 0.6 is 0 Å². The molecule has 0 aromatic heterocycles. The molecule has 0 saturated heterocycles. The smallest absolute Gasteiger partial charge is 0.0334 e. The summed E-state index contributed by atoms with van der Waals surface area (Å²) in [6, 6.07) is 0.601. The van der Waals surface area contributed by atoms with Crippen LogP contribution in [-0.4, -0.2) is 29.6 Å². The van der Waals surface area contributed by atoms with Gasteiger partial charge in [0.1, 0.15) is 0 Å². The van der Waals surface area contributed by atoms with Gasteiger partial charge in [0.05, 0.1) is 0 Å². The molecule has 0 aromatic rings. The van der Waals surface area contributed by atoms with Gasteiger partial charge in [-0.25, -0.2) is 0 Å². The highest BCUT2D eigenvalue weighted by molar-refractivity contribution is 4.95. The Hall–Kier alpha value is -0.0800. The second kappa shape index (κ2) is 6.91. The van der Waals surface area contributed by atoms with Gasteiger partial charge in [-0.2, -0.15) is 0 Å². The zero-order valence-electron chi connectivity index (χ0n) is 13.2. The summed E-state index contributed by atoms with van der Waals surface area (Å²) in [5.41, 5.74) is 6.49. The van der Waals surface area contributed by atoms with Crippen molar-refractivity contribution in [2.45, 2.75) is 78.3 Å². The number of nitrogens with zero attached hydrogens (tertiary/aromatic N) is 1. The Balaban J connectivity index is 2.87. The van der Waals surface area contributed by atoms with Crippen LogP contribution in [0.3, 0.4) is 0 Å². The van der Waals surface area contributed by atoms with Crippen molar-refractivity contribution >= 4 is 0 Å². The lowest BCUT2D eigenvalue weighted by molar-refractivity contribution is 0.0361. The van der Waals surface area contributed by atoms with Gasteiger partial charge in [-0.15, -0.1) is 0 Å². The van der Waals surface area contributed by atoms with E-state index in [2.05, 4.69) is 39.5 Å². The molecular weight excluding hydrogens is 220 g/mol. The average molecular weight is 254 g/mol. The Morgan fingerprint density at radius 1 is 1.17 bits per heavy atom. The number of hydrogen-bond donors (Lipinski definition) is 1.